The molecule has 0 radical (unpaired) electrons. The van der Waals surface area contributed by atoms with Crippen molar-refractivity contribution in [3.8, 4) is 0 Å². The fourth-order valence-corrected chi connectivity index (χ4v) is 4.64. The number of benzene rings is 2. The van der Waals surface area contributed by atoms with Gasteiger partial charge in [0.15, 0.2) is 0 Å². The van der Waals surface area contributed by atoms with Crippen LogP contribution in [0, 0.1) is 12.7 Å². The zero-order valence-electron chi connectivity index (χ0n) is 16.3. The van der Waals surface area contributed by atoms with Gasteiger partial charge in [0, 0.05) is 30.4 Å². The molecule has 4 rings (SSSR count). The normalized spacial score (nSPS) is 24.6. The molecule has 0 aliphatic carbocycles. The van der Waals surface area contributed by atoms with Crippen molar-refractivity contribution in [3.63, 3.8) is 0 Å². The highest BCUT2D eigenvalue weighted by Gasteiger charge is 2.38. The van der Waals surface area contributed by atoms with Crippen molar-refractivity contribution in [1.29, 1.82) is 0 Å². The number of halogens is 1. The predicted molar refractivity (Wildman–Crippen MR) is 110 cm³/mol. The zero-order chi connectivity index (χ0) is 19.5. The molecule has 0 saturated carbocycles. The number of hydrogen-bond acceptors (Lipinski definition) is 2. The van der Waals surface area contributed by atoms with E-state index in [0.717, 1.165) is 43.5 Å². The average molecular weight is 381 g/mol. The van der Waals surface area contributed by atoms with E-state index in [9.17, 15) is 9.18 Å². The third-order valence-electron chi connectivity index (χ3n) is 6.05. The standard InChI is InChI=1S/C23H28FN3O/c1-16-5-11-19(12-6-16)25-23(28)26-20-13-21-3-2-4-22(14-20)27(21)15-17-7-9-18(24)10-8-17/h5-12,20-22H,2-4,13-15H2,1H3,(H2,25,26,28)/t20?,21-,22+. The van der Waals surface area contributed by atoms with Crippen molar-refractivity contribution in [2.45, 2.75) is 63.7 Å². The van der Waals surface area contributed by atoms with Gasteiger partial charge in [-0.15, -0.1) is 0 Å². The van der Waals surface area contributed by atoms with Gasteiger partial charge in [-0.05, 0) is 62.4 Å². The SMILES string of the molecule is Cc1ccc(NC(=O)NC2C[C@H]3CCC[C@@H](C2)N3Cc2ccc(F)cc2)cc1. The minimum atomic E-state index is -0.188. The minimum absolute atomic E-state index is 0.126. The molecule has 5 heteroatoms. The van der Waals surface area contributed by atoms with Crippen LogP contribution < -0.4 is 10.6 Å². The van der Waals surface area contributed by atoms with Crippen molar-refractivity contribution in [1.82, 2.24) is 10.2 Å². The first-order valence-corrected chi connectivity index (χ1v) is 10.2. The van der Waals surface area contributed by atoms with Crippen LogP contribution in [0.5, 0.6) is 0 Å². The molecular formula is C23H28FN3O. The van der Waals surface area contributed by atoms with Gasteiger partial charge in [-0.3, -0.25) is 4.90 Å². The number of rotatable bonds is 4. The van der Waals surface area contributed by atoms with E-state index in [2.05, 4.69) is 15.5 Å². The highest BCUT2D eigenvalue weighted by atomic mass is 19.1. The van der Waals surface area contributed by atoms with Crippen LogP contribution in [0.1, 0.15) is 43.2 Å². The van der Waals surface area contributed by atoms with Crippen LogP contribution in [-0.2, 0) is 6.54 Å². The van der Waals surface area contributed by atoms with Crippen LogP contribution in [-0.4, -0.2) is 29.1 Å². The van der Waals surface area contributed by atoms with E-state index in [-0.39, 0.29) is 17.9 Å². The van der Waals surface area contributed by atoms with E-state index in [1.165, 1.54) is 24.1 Å². The first-order valence-electron chi connectivity index (χ1n) is 10.2. The van der Waals surface area contributed by atoms with E-state index in [1.54, 1.807) is 0 Å². The van der Waals surface area contributed by atoms with Crippen molar-refractivity contribution in [3.05, 3.63) is 65.5 Å². The molecule has 2 bridgehead atoms. The lowest BCUT2D eigenvalue weighted by Crippen LogP contribution is -2.56. The quantitative estimate of drug-likeness (QED) is 0.796. The largest absolute Gasteiger partial charge is 0.335 e. The summed E-state index contributed by atoms with van der Waals surface area (Å²) in [5.41, 5.74) is 3.14. The van der Waals surface area contributed by atoms with Gasteiger partial charge >= 0.3 is 6.03 Å². The van der Waals surface area contributed by atoms with Crippen molar-refractivity contribution >= 4 is 11.7 Å². The lowest BCUT2D eigenvalue weighted by molar-refractivity contribution is 0.0200. The molecule has 2 heterocycles. The van der Waals surface area contributed by atoms with Crippen LogP contribution in [0.2, 0.25) is 0 Å². The second-order valence-corrected chi connectivity index (χ2v) is 8.17. The molecule has 0 aromatic heterocycles. The Morgan fingerprint density at radius 3 is 2.32 bits per heavy atom. The molecule has 148 valence electrons. The van der Waals surface area contributed by atoms with Crippen molar-refractivity contribution < 1.29 is 9.18 Å². The van der Waals surface area contributed by atoms with Crippen LogP contribution in [0.4, 0.5) is 14.9 Å². The molecule has 2 saturated heterocycles. The molecule has 2 fully saturated rings. The summed E-state index contributed by atoms with van der Waals surface area (Å²) in [7, 11) is 0. The molecule has 2 aromatic rings. The maximum atomic E-state index is 13.2. The van der Waals surface area contributed by atoms with Gasteiger partial charge in [0.25, 0.3) is 0 Å². The third-order valence-corrected chi connectivity index (χ3v) is 6.05. The first-order chi connectivity index (χ1) is 13.6. The summed E-state index contributed by atoms with van der Waals surface area (Å²) >= 11 is 0. The number of nitrogens with one attached hydrogen (secondary N) is 2. The summed E-state index contributed by atoms with van der Waals surface area (Å²) in [6.45, 7) is 2.89. The molecule has 1 unspecified atom stereocenters. The first kappa shape index (κ1) is 18.9. The summed E-state index contributed by atoms with van der Waals surface area (Å²) in [6.07, 6.45) is 5.51. The number of anilines is 1. The number of urea groups is 1. The molecule has 2 aliphatic heterocycles. The fourth-order valence-electron chi connectivity index (χ4n) is 4.64. The van der Waals surface area contributed by atoms with E-state index < -0.39 is 0 Å². The Morgan fingerprint density at radius 1 is 1.04 bits per heavy atom. The summed E-state index contributed by atoms with van der Waals surface area (Å²) in [5.74, 6) is -0.188. The van der Waals surface area contributed by atoms with Gasteiger partial charge in [0.05, 0.1) is 0 Å². The molecule has 4 nitrogen and oxygen atoms in total. The Balaban J connectivity index is 1.35. The number of piperidine rings is 2. The second-order valence-electron chi connectivity index (χ2n) is 8.17. The van der Waals surface area contributed by atoms with Crippen LogP contribution in [0.3, 0.4) is 0 Å². The Labute approximate surface area is 166 Å². The number of nitrogens with zero attached hydrogens (tertiary/aromatic N) is 1. The highest BCUT2D eigenvalue weighted by molar-refractivity contribution is 5.89. The number of aryl methyl sites for hydroxylation is 1. The number of carbonyl (C=O) groups is 1. The van der Waals surface area contributed by atoms with Crippen molar-refractivity contribution in [2.75, 3.05) is 5.32 Å². The molecule has 2 aliphatic rings. The highest BCUT2D eigenvalue weighted by Crippen LogP contribution is 2.35. The van der Waals surface area contributed by atoms with Gasteiger partial charge < -0.3 is 10.6 Å². The maximum Gasteiger partial charge on any atom is 0.319 e. The number of amides is 2. The minimum Gasteiger partial charge on any atom is -0.335 e. The molecule has 2 aromatic carbocycles. The number of hydrogen-bond donors (Lipinski definition) is 2. The summed E-state index contributed by atoms with van der Waals surface area (Å²) < 4.78 is 13.2. The van der Waals surface area contributed by atoms with Crippen molar-refractivity contribution in [2.24, 2.45) is 0 Å². The summed E-state index contributed by atoms with van der Waals surface area (Å²) in [5, 5.41) is 6.12. The monoisotopic (exact) mass is 381 g/mol. The van der Waals surface area contributed by atoms with Gasteiger partial charge in [-0.25, -0.2) is 9.18 Å². The molecule has 3 atom stereocenters. The average Bonchev–Trinajstić information content (AvgIpc) is 2.66. The summed E-state index contributed by atoms with van der Waals surface area (Å²) in [4.78, 5) is 15.0. The molecular weight excluding hydrogens is 353 g/mol. The summed E-state index contributed by atoms with van der Waals surface area (Å²) in [6, 6.07) is 15.7. The third kappa shape index (κ3) is 4.53. The Hall–Kier alpha value is -2.40. The Morgan fingerprint density at radius 2 is 1.68 bits per heavy atom. The zero-order valence-corrected chi connectivity index (χ0v) is 16.3. The lowest BCUT2D eigenvalue weighted by Gasteiger charge is -2.49. The fraction of sp³-hybridized carbons (Fsp3) is 0.435. The van der Waals surface area contributed by atoms with Crippen LogP contribution in [0.15, 0.2) is 48.5 Å². The molecule has 28 heavy (non-hydrogen) atoms. The van der Waals surface area contributed by atoms with Crippen LogP contribution in [0.25, 0.3) is 0 Å². The number of fused-ring (bicyclic) bond motifs is 2. The topological polar surface area (TPSA) is 44.4 Å². The molecule has 2 amide bonds. The van der Waals surface area contributed by atoms with E-state index in [0.29, 0.717) is 12.1 Å². The second kappa shape index (κ2) is 8.31. The van der Waals surface area contributed by atoms with Gasteiger partial charge in [-0.2, -0.15) is 0 Å². The predicted octanol–water partition coefficient (Wildman–Crippen LogP) is 4.84. The van der Waals surface area contributed by atoms with Gasteiger partial charge in [0.2, 0.25) is 0 Å². The Kier molecular flexibility index (Phi) is 5.62. The molecule has 0 spiro atoms. The van der Waals surface area contributed by atoms with Crippen LogP contribution >= 0.6 is 0 Å². The smallest absolute Gasteiger partial charge is 0.319 e. The maximum absolute atomic E-state index is 13.2. The Bertz CT molecular complexity index is 792. The van der Waals surface area contributed by atoms with E-state index in [1.807, 2.05) is 43.3 Å². The van der Waals surface area contributed by atoms with E-state index >= 15 is 0 Å². The van der Waals surface area contributed by atoms with Gasteiger partial charge in [-0.1, -0.05) is 36.2 Å². The van der Waals surface area contributed by atoms with E-state index in [4.69, 9.17) is 0 Å². The number of carbonyl (C=O) groups excluding carboxylic acids is 1. The lowest BCUT2D eigenvalue weighted by atomic mass is 9.81. The van der Waals surface area contributed by atoms with Gasteiger partial charge in [0.1, 0.15) is 5.82 Å². The molecule has 2 N–H and O–H groups in total.